The van der Waals surface area contributed by atoms with E-state index in [0.717, 1.165) is 44.9 Å². The molecule has 0 unspecified atom stereocenters. The number of carbonyl (C=O) groups is 1. The summed E-state index contributed by atoms with van der Waals surface area (Å²) in [5, 5.41) is 0.692. The summed E-state index contributed by atoms with van der Waals surface area (Å²) in [6.45, 7) is 4.91. The number of benzene rings is 2. The van der Waals surface area contributed by atoms with E-state index >= 15 is 0 Å². The first-order valence-corrected chi connectivity index (χ1v) is 10.2. The lowest BCUT2D eigenvalue weighted by atomic mass is 10.2. The number of hydrogen-bond acceptors (Lipinski definition) is 3. The van der Waals surface area contributed by atoms with Crippen molar-refractivity contribution in [3.05, 3.63) is 71.3 Å². The van der Waals surface area contributed by atoms with Gasteiger partial charge in [-0.3, -0.25) is 9.69 Å². The predicted molar refractivity (Wildman–Crippen MR) is 115 cm³/mol. The van der Waals surface area contributed by atoms with Crippen LogP contribution in [0.1, 0.15) is 18.4 Å². The van der Waals surface area contributed by atoms with Gasteiger partial charge in [0.05, 0.1) is 6.61 Å². The lowest BCUT2D eigenvalue weighted by molar-refractivity contribution is -0.133. The summed E-state index contributed by atoms with van der Waals surface area (Å²) < 4.78 is 5.65. The highest BCUT2D eigenvalue weighted by molar-refractivity contribution is 6.30. The smallest absolute Gasteiger partial charge is 0.222 e. The Morgan fingerprint density at radius 3 is 2.43 bits per heavy atom. The van der Waals surface area contributed by atoms with E-state index < -0.39 is 0 Å². The summed E-state index contributed by atoms with van der Waals surface area (Å²) in [7, 11) is 0. The van der Waals surface area contributed by atoms with Crippen molar-refractivity contribution in [3.63, 3.8) is 0 Å². The average Bonchev–Trinajstić information content (AvgIpc) is 2.73. The zero-order valence-corrected chi connectivity index (χ0v) is 16.9. The fraction of sp³-hybridized carbons (Fsp3) is 0.348. The molecule has 0 spiro atoms. The van der Waals surface area contributed by atoms with Gasteiger partial charge in [-0.25, -0.2) is 0 Å². The molecule has 1 saturated heterocycles. The highest BCUT2D eigenvalue weighted by Crippen LogP contribution is 2.16. The van der Waals surface area contributed by atoms with Crippen LogP contribution < -0.4 is 4.74 Å². The largest absolute Gasteiger partial charge is 0.494 e. The average molecular weight is 399 g/mol. The van der Waals surface area contributed by atoms with E-state index in [9.17, 15) is 4.79 Å². The summed E-state index contributed by atoms with van der Waals surface area (Å²) in [5.41, 5.74) is 1.22. The second kappa shape index (κ2) is 10.9. The first-order chi connectivity index (χ1) is 13.7. The molecule has 1 aliphatic heterocycles. The Labute approximate surface area is 172 Å². The van der Waals surface area contributed by atoms with Gasteiger partial charge in [-0.2, -0.15) is 0 Å². The quantitative estimate of drug-likeness (QED) is 0.619. The van der Waals surface area contributed by atoms with Crippen LogP contribution in [0.5, 0.6) is 5.75 Å². The Balaban J connectivity index is 1.30. The third kappa shape index (κ3) is 6.70. The van der Waals surface area contributed by atoms with E-state index in [1.54, 1.807) is 12.1 Å². The van der Waals surface area contributed by atoms with Crippen LogP contribution in [0, 0.1) is 0 Å². The van der Waals surface area contributed by atoms with Gasteiger partial charge in [-0.05, 0) is 36.2 Å². The maximum absolute atomic E-state index is 12.4. The molecule has 0 radical (unpaired) electrons. The van der Waals surface area contributed by atoms with Crippen LogP contribution in [-0.2, 0) is 4.79 Å². The van der Waals surface area contributed by atoms with Crippen molar-refractivity contribution in [1.29, 1.82) is 0 Å². The fourth-order valence-corrected chi connectivity index (χ4v) is 3.31. The van der Waals surface area contributed by atoms with Gasteiger partial charge in [-0.1, -0.05) is 54.1 Å². The van der Waals surface area contributed by atoms with Crippen LogP contribution in [0.25, 0.3) is 6.08 Å². The Bertz CT molecular complexity index is 754. The molecular formula is C23H27ClN2O2. The van der Waals surface area contributed by atoms with Gasteiger partial charge in [0.2, 0.25) is 5.91 Å². The molecule has 3 rings (SSSR count). The third-order valence-electron chi connectivity index (χ3n) is 4.82. The molecule has 2 aromatic rings. The molecule has 0 aliphatic carbocycles. The second-order valence-corrected chi connectivity index (χ2v) is 7.34. The first-order valence-electron chi connectivity index (χ1n) is 9.81. The molecule has 0 bridgehead atoms. The maximum atomic E-state index is 12.4. The number of amides is 1. The van der Waals surface area contributed by atoms with Crippen molar-refractivity contribution in [1.82, 2.24) is 9.80 Å². The summed E-state index contributed by atoms with van der Waals surface area (Å²) in [6, 6.07) is 17.6. The zero-order valence-electron chi connectivity index (χ0n) is 16.1. The van der Waals surface area contributed by atoms with E-state index in [4.69, 9.17) is 16.3 Å². The van der Waals surface area contributed by atoms with Crippen molar-refractivity contribution in [2.45, 2.75) is 12.8 Å². The number of nitrogens with zero attached hydrogens (tertiary/aromatic N) is 2. The van der Waals surface area contributed by atoms with Crippen LogP contribution in [0.2, 0.25) is 5.02 Å². The molecule has 5 heteroatoms. The SMILES string of the molecule is O=C(CCCOc1ccc(Cl)cc1)N1CCN(C/C=C/c2ccccc2)CC1. The van der Waals surface area contributed by atoms with Crippen molar-refractivity contribution in [2.75, 3.05) is 39.3 Å². The molecule has 4 nitrogen and oxygen atoms in total. The normalized spacial score (nSPS) is 15.1. The van der Waals surface area contributed by atoms with E-state index in [1.165, 1.54) is 5.56 Å². The van der Waals surface area contributed by atoms with Gasteiger partial charge in [0.15, 0.2) is 0 Å². The molecular weight excluding hydrogens is 372 g/mol. The summed E-state index contributed by atoms with van der Waals surface area (Å²) in [5.74, 6) is 1.01. The standard InChI is InChI=1S/C23H27ClN2O2/c24-21-10-12-22(13-11-21)28-19-5-9-23(27)26-17-15-25(16-18-26)14-4-8-20-6-2-1-3-7-20/h1-4,6-8,10-13H,5,9,14-19H2/b8-4+. The van der Waals surface area contributed by atoms with Gasteiger partial charge in [-0.15, -0.1) is 0 Å². The fourth-order valence-electron chi connectivity index (χ4n) is 3.18. The summed E-state index contributed by atoms with van der Waals surface area (Å²) in [6.07, 6.45) is 5.60. The molecule has 1 heterocycles. The summed E-state index contributed by atoms with van der Waals surface area (Å²) >= 11 is 5.85. The number of rotatable bonds is 8. The maximum Gasteiger partial charge on any atom is 0.222 e. The van der Waals surface area contributed by atoms with Crippen molar-refractivity contribution < 1.29 is 9.53 Å². The van der Waals surface area contributed by atoms with Gasteiger partial charge in [0.25, 0.3) is 0 Å². The first kappa shape index (κ1) is 20.4. The number of hydrogen-bond donors (Lipinski definition) is 0. The van der Waals surface area contributed by atoms with Crippen LogP contribution in [-0.4, -0.2) is 55.0 Å². The van der Waals surface area contributed by atoms with Crippen LogP contribution in [0.3, 0.4) is 0 Å². The molecule has 0 aromatic heterocycles. The number of ether oxygens (including phenoxy) is 1. The van der Waals surface area contributed by atoms with Crippen LogP contribution >= 0.6 is 11.6 Å². The van der Waals surface area contributed by atoms with Crippen LogP contribution in [0.4, 0.5) is 0 Å². The molecule has 1 aliphatic rings. The molecule has 1 amide bonds. The molecule has 0 N–H and O–H groups in total. The highest BCUT2D eigenvalue weighted by Gasteiger charge is 2.19. The van der Waals surface area contributed by atoms with Crippen molar-refractivity contribution in [2.24, 2.45) is 0 Å². The monoisotopic (exact) mass is 398 g/mol. The number of piperazine rings is 1. The van der Waals surface area contributed by atoms with E-state index in [2.05, 4.69) is 29.2 Å². The lowest BCUT2D eigenvalue weighted by Gasteiger charge is -2.34. The van der Waals surface area contributed by atoms with Gasteiger partial charge < -0.3 is 9.64 Å². The summed E-state index contributed by atoms with van der Waals surface area (Å²) in [4.78, 5) is 16.7. The molecule has 28 heavy (non-hydrogen) atoms. The molecule has 0 saturated carbocycles. The molecule has 148 valence electrons. The number of halogens is 1. The lowest BCUT2D eigenvalue weighted by Crippen LogP contribution is -2.48. The minimum absolute atomic E-state index is 0.221. The third-order valence-corrected chi connectivity index (χ3v) is 5.07. The topological polar surface area (TPSA) is 32.8 Å². The zero-order chi connectivity index (χ0) is 19.6. The van der Waals surface area contributed by atoms with E-state index in [-0.39, 0.29) is 5.91 Å². The van der Waals surface area contributed by atoms with E-state index in [1.807, 2.05) is 35.2 Å². The predicted octanol–water partition coefficient (Wildman–Crippen LogP) is 4.36. The van der Waals surface area contributed by atoms with Gasteiger partial charge in [0, 0.05) is 44.2 Å². The highest BCUT2D eigenvalue weighted by atomic mass is 35.5. The van der Waals surface area contributed by atoms with Crippen LogP contribution in [0.15, 0.2) is 60.7 Å². The van der Waals surface area contributed by atoms with Crippen molar-refractivity contribution in [3.8, 4) is 5.75 Å². The van der Waals surface area contributed by atoms with Gasteiger partial charge in [0.1, 0.15) is 5.75 Å². The Morgan fingerprint density at radius 1 is 1.00 bits per heavy atom. The Kier molecular flexibility index (Phi) is 7.94. The molecule has 1 fully saturated rings. The Hall–Kier alpha value is -2.30. The second-order valence-electron chi connectivity index (χ2n) is 6.90. The Morgan fingerprint density at radius 2 is 1.71 bits per heavy atom. The van der Waals surface area contributed by atoms with E-state index in [0.29, 0.717) is 18.1 Å². The minimum atomic E-state index is 0.221. The number of carbonyl (C=O) groups excluding carboxylic acids is 1. The van der Waals surface area contributed by atoms with Gasteiger partial charge >= 0.3 is 0 Å². The minimum Gasteiger partial charge on any atom is -0.494 e. The molecule has 2 aromatic carbocycles. The molecule has 0 atom stereocenters. The van der Waals surface area contributed by atoms with Crippen molar-refractivity contribution >= 4 is 23.6 Å².